The van der Waals surface area contributed by atoms with Crippen LogP contribution in [0.4, 0.5) is 5.69 Å². The molecule has 0 radical (unpaired) electrons. The van der Waals surface area contributed by atoms with E-state index in [9.17, 15) is 9.90 Å². The predicted molar refractivity (Wildman–Crippen MR) is 129 cm³/mol. The average molecular weight is 462 g/mol. The zero-order valence-corrected chi connectivity index (χ0v) is 18.9. The van der Waals surface area contributed by atoms with Crippen LogP contribution in [0, 0.1) is 0 Å². The summed E-state index contributed by atoms with van der Waals surface area (Å²) in [6.07, 6.45) is 3.12. The zero-order chi connectivity index (χ0) is 22.8. The van der Waals surface area contributed by atoms with Crippen LogP contribution in [-0.2, 0) is 12.8 Å². The Balaban J connectivity index is 1.41. The first-order chi connectivity index (χ1) is 16.1. The number of thiophene rings is 1. The molecule has 8 heteroatoms. The number of anilines is 1. The van der Waals surface area contributed by atoms with Crippen molar-refractivity contribution in [1.82, 2.24) is 9.97 Å². The first kappa shape index (κ1) is 21.2. The summed E-state index contributed by atoms with van der Waals surface area (Å²) in [5.74, 6) is 1.01. The fourth-order valence-electron chi connectivity index (χ4n) is 3.99. The van der Waals surface area contributed by atoms with Crippen LogP contribution in [0.25, 0.3) is 21.6 Å². The molecule has 5 rings (SSSR count). The van der Waals surface area contributed by atoms with Gasteiger partial charge in [0.25, 0.3) is 0 Å². The van der Waals surface area contributed by atoms with Crippen molar-refractivity contribution in [1.29, 1.82) is 0 Å². The molecule has 0 saturated carbocycles. The van der Waals surface area contributed by atoms with E-state index in [4.69, 9.17) is 9.47 Å². The Kier molecular flexibility index (Phi) is 5.83. The summed E-state index contributed by atoms with van der Waals surface area (Å²) in [5.41, 5.74) is 3.51. The molecular weight excluding hydrogens is 438 g/mol. The number of nitrogens with zero attached hydrogens (tertiary/aromatic N) is 2. The molecule has 0 aliphatic carbocycles. The number of fused-ring (bicyclic) bond motifs is 2. The number of benzene rings is 2. The average Bonchev–Trinajstić information content (AvgIpc) is 3.31. The standard InChI is InChI=1S/C25H23N3O4S/c1-2-16-12-18(26-7-5-15-3-4-20-21(11-15)32-9-8-31-20)13-19(22(16)25(29)30)23-27-14-17-6-10-33-24(17)28-23/h3-4,6,10-14,26H,2,5,7-9H2,1H3,(H,29,30). The second kappa shape index (κ2) is 9.07. The highest BCUT2D eigenvalue weighted by molar-refractivity contribution is 7.16. The van der Waals surface area contributed by atoms with E-state index in [1.54, 1.807) is 6.20 Å². The van der Waals surface area contributed by atoms with Crippen molar-refractivity contribution in [3.8, 4) is 22.9 Å². The lowest BCUT2D eigenvalue weighted by Crippen LogP contribution is -2.15. The van der Waals surface area contributed by atoms with Crippen molar-refractivity contribution in [2.75, 3.05) is 25.1 Å². The van der Waals surface area contributed by atoms with Gasteiger partial charge in [-0.15, -0.1) is 11.3 Å². The van der Waals surface area contributed by atoms with Crippen molar-refractivity contribution < 1.29 is 19.4 Å². The van der Waals surface area contributed by atoms with Crippen molar-refractivity contribution in [3.05, 3.63) is 64.7 Å². The monoisotopic (exact) mass is 461 g/mol. The van der Waals surface area contributed by atoms with E-state index < -0.39 is 5.97 Å². The van der Waals surface area contributed by atoms with Gasteiger partial charge in [-0.3, -0.25) is 0 Å². The second-order valence-electron chi connectivity index (χ2n) is 7.75. The normalized spacial score (nSPS) is 12.6. The Labute approximate surface area is 195 Å². The second-order valence-corrected chi connectivity index (χ2v) is 8.64. The number of aromatic carboxylic acids is 1. The first-order valence-corrected chi connectivity index (χ1v) is 11.7. The lowest BCUT2D eigenvalue weighted by atomic mass is 9.97. The number of aromatic nitrogens is 2. The SMILES string of the molecule is CCc1cc(NCCc2ccc3c(c2)OCCO3)cc(-c2ncc3ccsc3n2)c1C(=O)O. The third-order valence-corrected chi connectivity index (χ3v) is 6.44. The lowest BCUT2D eigenvalue weighted by Gasteiger charge is -2.19. The number of ether oxygens (including phenoxy) is 2. The number of rotatable bonds is 7. The highest BCUT2D eigenvalue weighted by atomic mass is 32.1. The Morgan fingerprint density at radius 1 is 1.15 bits per heavy atom. The topological polar surface area (TPSA) is 93.6 Å². The van der Waals surface area contributed by atoms with E-state index >= 15 is 0 Å². The number of carboxylic acid groups (broad SMARTS) is 1. The maximum Gasteiger partial charge on any atom is 0.336 e. The Bertz CT molecular complexity index is 1330. The van der Waals surface area contributed by atoms with Crippen molar-refractivity contribution in [2.24, 2.45) is 0 Å². The molecule has 0 fully saturated rings. The molecule has 168 valence electrons. The Morgan fingerprint density at radius 2 is 2.00 bits per heavy atom. The lowest BCUT2D eigenvalue weighted by molar-refractivity contribution is 0.0696. The summed E-state index contributed by atoms with van der Waals surface area (Å²) in [7, 11) is 0. The summed E-state index contributed by atoms with van der Waals surface area (Å²) in [4.78, 5) is 22.0. The number of nitrogens with one attached hydrogen (secondary N) is 1. The number of carbonyl (C=O) groups is 1. The van der Waals surface area contributed by atoms with Crippen molar-refractivity contribution in [3.63, 3.8) is 0 Å². The van der Waals surface area contributed by atoms with Gasteiger partial charge in [0, 0.05) is 29.4 Å². The van der Waals surface area contributed by atoms with E-state index in [1.165, 1.54) is 11.3 Å². The predicted octanol–water partition coefficient (Wildman–Crippen LogP) is 5.04. The van der Waals surface area contributed by atoms with Crippen molar-refractivity contribution in [2.45, 2.75) is 19.8 Å². The largest absolute Gasteiger partial charge is 0.486 e. The van der Waals surface area contributed by atoms with Crippen LogP contribution < -0.4 is 14.8 Å². The molecule has 0 amide bonds. The van der Waals surface area contributed by atoms with E-state index in [0.29, 0.717) is 37.6 Å². The van der Waals surface area contributed by atoms with Gasteiger partial charge in [0.15, 0.2) is 17.3 Å². The van der Waals surface area contributed by atoms with Gasteiger partial charge in [-0.2, -0.15) is 0 Å². The summed E-state index contributed by atoms with van der Waals surface area (Å²) in [5, 5.41) is 16.3. The Morgan fingerprint density at radius 3 is 2.82 bits per heavy atom. The molecule has 7 nitrogen and oxygen atoms in total. The maximum atomic E-state index is 12.1. The van der Waals surface area contributed by atoms with Crippen molar-refractivity contribution >= 4 is 33.2 Å². The third kappa shape index (κ3) is 4.34. The maximum absolute atomic E-state index is 12.1. The quantitative estimate of drug-likeness (QED) is 0.398. The Hall–Kier alpha value is -3.65. The number of aryl methyl sites for hydroxylation is 1. The van der Waals surface area contributed by atoms with Gasteiger partial charge in [-0.25, -0.2) is 14.8 Å². The van der Waals surface area contributed by atoms with Gasteiger partial charge < -0.3 is 19.9 Å². The molecule has 2 N–H and O–H groups in total. The van der Waals surface area contributed by atoms with Crippen LogP contribution in [0.15, 0.2) is 48.0 Å². The van der Waals surface area contributed by atoms with Crippen LogP contribution >= 0.6 is 11.3 Å². The minimum absolute atomic E-state index is 0.255. The van der Waals surface area contributed by atoms with Gasteiger partial charge in [-0.1, -0.05) is 13.0 Å². The van der Waals surface area contributed by atoms with Crippen LogP contribution in [0.2, 0.25) is 0 Å². The van der Waals surface area contributed by atoms with Gasteiger partial charge in [0.1, 0.15) is 18.0 Å². The summed E-state index contributed by atoms with van der Waals surface area (Å²) in [6.45, 7) is 3.77. The zero-order valence-electron chi connectivity index (χ0n) is 18.1. The summed E-state index contributed by atoms with van der Waals surface area (Å²) >= 11 is 1.51. The molecule has 3 heterocycles. The highest BCUT2D eigenvalue weighted by Gasteiger charge is 2.20. The molecule has 2 aromatic carbocycles. The van der Waals surface area contributed by atoms with E-state index in [2.05, 4.69) is 15.3 Å². The van der Waals surface area contributed by atoms with Gasteiger partial charge in [-0.05, 0) is 59.7 Å². The smallest absolute Gasteiger partial charge is 0.336 e. The number of hydrogen-bond acceptors (Lipinski definition) is 7. The fourth-order valence-corrected chi connectivity index (χ4v) is 4.73. The summed E-state index contributed by atoms with van der Waals surface area (Å²) in [6, 6.07) is 11.7. The minimum Gasteiger partial charge on any atom is -0.486 e. The molecule has 1 aliphatic heterocycles. The molecule has 1 aliphatic rings. The molecule has 33 heavy (non-hydrogen) atoms. The molecular formula is C25H23N3O4S. The molecule has 0 atom stereocenters. The molecule has 4 aromatic rings. The van der Waals surface area contributed by atoms with Gasteiger partial charge in [0.2, 0.25) is 0 Å². The van der Waals surface area contributed by atoms with E-state index in [1.807, 2.05) is 48.7 Å². The molecule has 0 bridgehead atoms. The first-order valence-electron chi connectivity index (χ1n) is 10.9. The molecule has 0 unspecified atom stereocenters. The van der Waals surface area contributed by atoms with Crippen LogP contribution in [0.3, 0.4) is 0 Å². The fraction of sp³-hybridized carbons (Fsp3) is 0.240. The number of hydrogen-bond donors (Lipinski definition) is 2. The summed E-state index contributed by atoms with van der Waals surface area (Å²) < 4.78 is 11.3. The third-order valence-electron chi connectivity index (χ3n) is 5.61. The molecule has 0 saturated heterocycles. The molecule has 0 spiro atoms. The molecule has 2 aromatic heterocycles. The van der Waals surface area contributed by atoms with E-state index in [-0.39, 0.29) is 5.56 Å². The van der Waals surface area contributed by atoms with E-state index in [0.717, 1.165) is 45.0 Å². The van der Waals surface area contributed by atoms with Gasteiger partial charge in [0.05, 0.1) is 5.56 Å². The highest BCUT2D eigenvalue weighted by Crippen LogP contribution is 2.32. The van der Waals surface area contributed by atoms with Gasteiger partial charge >= 0.3 is 5.97 Å². The number of carboxylic acids is 1. The van der Waals surface area contributed by atoms with Crippen LogP contribution in [0.5, 0.6) is 11.5 Å². The minimum atomic E-state index is -0.973. The van der Waals surface area contributed by atoms with Crippen LogP contribution in [-0.4, -0.2) is 40.8 Å². The van der Waals surface area contributed by atoms with Crippen LogP contribution in [0.1, 0.15) is 28.4 Å².